The average molecular weight is 286 g/mol. The molecule has 0 aromatic carbocycles. The van der Waals surface area contributed by atoms with Crippen molar-refractivity contribution in [3.05, 3.63) is 34.6 Å². The number of aromatic nitrogens is 1. The van der Waals surface area contributed by atoms with Gasteiger partial charge in [0.25, 0.3) is 0 Å². The predicted molar refractivity (Wildman–Crippen MR) is 72.8 cm³/mol. The van der Waals surface area contributed by atoms with Gasteiger partial charge in [-0.3, -0.25) is 4.79 Å². The maximum absolute atomic E-state index is 11.3. The van der Waals surface area contributed by atoms with E-state index in [4.69, 9.17) is 11.6 Å². The second kappa shape index (κ2) is 7.18. The molecule has 0 radical (unpaired) electrons. The molecule has 1 aromatic heterocycles. The minimum Gasteiger partial charge on any atom is -0.465 e. The van der Waals surface area contributed by atoms with Crippen LogP contribution in [0.3, 0.4) is 0 Å². The molecule has 1 rings (SSSR count). The highest BCUT2D eigenvalue weighted by molar-refractivity contribution is 8.13. The maximum Gasteiger partial charge on any atom is 0.339 e. The van der Waals surface area contributed by atoms with Crippen LogP contribution in [0.4, 0.5) is 0 Å². The van der Waals surface area contributed by atoms with Crippen molar-refractivity contribution in [1.29, 1.82) is 0 Å². The topological polar surface area (TPSA) is 56.3 Å². The second-order valence-corrected chi connectivity index (χ2v) is 4.86. The molecular formula is C12H12ClNO3S. The van der Waals surface area contributed by atoms with Gasteiger partial charge >= 0.3 is 5.97 Å². The van der Waals surface area contributed by atoms with Crippen molar-refractivity contribution in [2.24, 2.45) is 0 Å². The lowest BCUT2D eigenvalue weighted by atomic mass is 10.2. The summed E-state index contributed by atoms with van der Waals surface area (Å²) in [6.07, 6.45) is 4.86. The Labute approximate surface area is 114 Å². The van der Waals surface area contributed by atoms with Gasteiger partial charge in [-0.1, -0.05) is 35.5 Å². The summed E-state index contributed by atoms with van der Waals surface area (Å²) in [5.74, 6) is 0.0839. The number of carbonyl (C=O) groups is 2. The monoisotopic (exact) mass is 285 g/mol. The molecule has 0 saturated heterocycles. The Kier molecular flexibility index (Phi) is 5.88. The molecule has 0 N–H and O–H groups in total. The van der Waals surface area contributed by atoms with E-state index >= 15 is 0 Å². The minimum atomic E-state index is -0.466. The SMILES string of the molecule is COC(=O)c1cnc(Cl)c(C=CCSC(C)=O)c1. The first kappa shape index (κ1) is 14.7. The van der Waals surface area contributed by atoms with Crippen LogP contribution in [0.15, 0.2) is 18.3 Å². The summed E-state index contributed by atoms with van der Waals surface area (Å²) in [5, 5.41) is 0.346. The van der Waals surface area contributed by atoms with E-state index in [0.29, 0.717) is 22.0 Å². The molecule has 1 aromatic rings. The van der Waals surface area contributed by atoms with Gasteiger partial charge in [-0.05, 0) is 6.07 Å². The van der Waals surface area contributed by atoms with Gasteiger partial charge in [0.05, 0.1) is 12.7 Å². The quantitative estimate of drug-likeness (QED) is 0.629. The van der Waals surface area contributed by atoms with Gasteiger partial charge in [0.15, 0.2) is 5.12 Å². The Hall–Kier alpha value is -1.33. The lowest BCUT2D eigenvalue weighted by Crippen LogP contribution is -2.02. The number of methoxy groups -OCH3 is 1. The number of thioether (sulfide) groups is 1. The summed E-state index contributed by atoms with van der Waals surface area (Å²) in [6.45, 7) is 1.50. The molecule has 1 heterocycles. The van der Waals surface area contributed by atoms with Crippen LogP contribution in [-0.4, -0.2) is 28.9 Å². The van der Waals surface area contributed by atoms with Crippen LogP contribution >= 0.6 is 23.4 Å². The Balaban J connectivity index is 2.81. The third-order valence-corrected chi connectivity index (χ3v) is 3.05. The fourth-order valence-electron chi connectivity index (χ4n) is 1.15. The number of halogens is 1. The lowest BCUT2D eigenvalue weighted by molar-refractivity contribution is -0.109. The number of hydrogen-bond acceptors (Lipinski definition) is 5. The molecule has 18 heavy (non-hydrogen) atoms. The number of nitrogens with zero attached hydrogens (tertiary/aromatic N) is 1. The van der Waals surface area contributed by atoms with Crippen LogP contribution in [0.5, 0.6) is 0 Å². The van der Waals surface area contributed by atoms with Crippen molar-refractivity contribution >= 4 is 40.5 Å². The number of rotatable bonds is 4. The molecule has 6 heteroatoms. The fraction of sp³-hybridized carbons (Fsp3) is 0.250. The molecule has 0 fully saturated rings. The molecule has 0 aliphatic heterocycles. The standard InChI is InChI=1S/C12H12ClNO3S/c1-8(15)18-5-3-4-9-6-10(12(16)17-2)7-14-11(9)13/h3-4,6-7H,5H2,1-2H3. The van der Waals surface area contributed by atoms with Gasteiger partial charge in [-0.25, -0.2) is 9.78 Å². The fourth-order valence-corrected chi connectivity index (χ4v) is 1.75. The summed E-state index contributed by atoms with van der Waals surface area (Å²) in [6, 6.07) is 1.59. The molecule has 0 spiro atoms. The van der Waals surface area contributed by atoms with E-state index in [2.05, 4.69) is 9.72 Å². The zero-order valence-electron chi connectivity index (χ0n) is 9.97. The van der Waals surface area contributed by atoms with Crippen molar-refractivity contribution in [2.75, 3.05) is 12.9 Å². The Morgan fingerprint density at radius 3 is 2.89 bits per heavy atom. The van der Waals surface area contributed by atoms with Gasteiger partial charge in [0.1, 0.15) is 5.15 Å². The van der Waals surface area contributed by atoms with Crippen molar-refractivity contribution < 1.29 is 14.3 Å². The zero-order valence-corrected chi connectivity index (χ0v) is 11.5. The minimum absolute atomic E-state index is 0.0483. The molecule has 0 saturated carbocycles. The van der Waals surface area contributed by atoms with Crippen LogP contribution < -0.4 is 0 Å². The smallest absolute Gasteiger partial charge is 0.339 e. The van der Waals surface area contributed by atoms with E-state index in [0.717, 1.165) is 0 Å². The molecule has 0 aliphatic rings. The number of ether oxygens (including phenoxy) is 1. The van der Waals surface area contributed by atoms with E-state index in [1.54, 1.807) is 18.2 Å². The largest absolute Gasteiger partial charge is 0.465 e. The number of carbonyl (C=O) groups excluding carboxylic acids is 2. The highest BCUT2D eigenvalue weighted by Crippen LogP contribution is 2.17. The average Bonchev–Trinajstić information content (AvgIpc) is 2.35. The van der Waals surface area contributed by atoms with Gasteiger partial charge in [-0.2, -0.15) is 0 Å². The number of hydrogen-bond donors (Lipinski definition) is 0. The molecule has 0 unspecified atom stereocenters. The molecule has 0 bridgehead atoms. The number of esters is 1. The van der Waals surface area contributed by atoms with E-state index in [-0.39, 0.29) is 5.12 Å². The first-order valence-corrected chi connectivity index (χ1v) is 6.44. The lowest BCUT2D eigenvalue weighted by Gasteiger charge is -2.01. The van der Waals surface area contributed by atoms with Crippen LogP contribution in [0.2, 0.25) is 5.15 Å². The van der Waals surface area contributed by atoms with Gasteiger partial charge in [-0.15, -0.1) is 0 Å². The first-order valence-electron chi connectivity index (χ1n) is 5.08. The predicted octanol–water partition coefficient (Wildman–Crippen LogP) is 2.81. The van der Waals surface area contributed by atoms with Gasteiger partial charge in [0.2, 0.25) is 0 Å². The summed E-state index contributed by atoms with van der Waals surface area (Å²) >= 11 is 7.09. The van der Waals surface area contributed by atoms with Crippen molar-refractivity contribution in [3.63, 3.8) is 0 Å². The summed E-state index contributed by atoms with van der Waals surface area (Å²) in [4.78, 5) is 26.0. The highest BCUT2D eigenvalue weighted by atomic mass is 35.5. The van der Waals surface area contributed by atoms with Crippen LogP contribution in [0, 0.1) is 0 Å². The molecule has 0 aliphatic carbocycles. The normalized spacial score (nSPS) is 10.6. The molecule has 0 atom stereocenters. The van der Waals surface area contributed by atoms with Crippen LogP contribution in [0.1, 0.15) is 22.8 Å². The molecular weight excluding hydrogens is 274 g/mol. The van der Waals surface area contributed by atoms with Gasteiger partial charge < -0.3 is 4.74 Å². The molecule has 4 nitrogen and oxygen atoms in total. The van der Waals surface area contributed by atoms with E-state index in [9.17, 15) is 9.59 Å². The Bertz CT molecular complexity index is 488. The Morgan fingerprint density at radius 2 is 2.28 bits per heavy atom. The van der Waals surface area contributed by atoms with Gasteiger partial charge in [0, 0.05) is 24.4 Å². The summed E-state index contributed by atoms with van der Waals surface area (Å²) < 4.78 is 4.59. The summed E-state index contributed by atoms with van der Waals surface area (Å²) in [5.41, 5.74) is 0.949. The zero-order chi connectivity index (χ0) is 13.5. The van der Waals surface area contributed by atoms with E-state index in [1.807, 2.05) is 0 Å². The third-order valence-electron chi connectivity index (χ3n) is 1.97. The third kappa shape index (κ3) is 4.50. The maximum atomic E-state index is 11.3. The number of pyridine rings is 1. The first-order chi connectivity index (χ1) is 8.54. The van der Waals surface area contributed by atoms with E-state index < -0.39 is 5.97 Å². The van der Waals surface area contributed by atoms with Crippen LogP contribution in [0.25, 0.3) is 6.08 Å². The summed E-state index contributed by atoms with van der Waals surface area (Å²) in [7, 11) is 1.30. The van der Waals surface area contributed by atoms with E-state index in [1.165, 1.54) is 32.0 Å². The molecule has 0 amide bonds. The second-order valence-electron chi connectivity index (χ2n) is 3.30. The molecule has 96 valence electrons. The van der Waals surface area contributed by atoms with Crippen molar-refractivity contribution in [2.45, 2.75) is 6.92 Å². The van der Waals surface area contributed by atoms with Crippen molar-refractivity contribution in [3.8, 4) is 0 Å². The Morgan fingerprint density at radius 1 is 1.56 bits per heavy atom. The van der Waals surface area contributed by atoms with Crippen LogP contribution in [-0.2, 0) is 9.53 Å². The van der Waals surface area contributed by atoms with Crippen molar-refractivity contribution in [1.82, 2.24) is 4.98 Å². The highest BCUT2D eigenvalue weighted by Gasteiger charge is 2.08.